The quantitative estimate of drug-likeness (QED) is 0.673. The zero-order chi connectivity index (χ0) is 23.4. The molecule has 1 saturated heterocycles. The van der Waals surface area contributed by atoms with E-state index in [1.165, 1.54) is 47.8 Å². The van der Waals surface area contributed by atoms with Crippen LogP contribution < -0.4 is 14.8 Å². The Bertz CT molecular complexity index is 1070. The van der Waals surface area contributed by atoms with Crippen molar-refractivity contribution in [2.45, 2.75) is 36.9 Å². The fraction of sp³-hybridized carbons (Fsp3) is 0.381. The number of nitrogens with one attached hydrogen (secondary N) is 1. The van der Waals surface area contributed by atoms with E-state index in [9.17, 15) is 26.4 Å². The largest absolute Gasteiger partial charge is 0.573 e. The van der Waals surface area contributed by atoms with Crippen molar-refractivity contribution in [3.63, 3.8) is 0 Å². The van der Waals surface area contributed by atoms with Gasteiger partial charge in [-0.1, -0.05) is 25.0 Å². The summed E-state index contributed by atoms with van der Waals surface area (Å²) < 4.78 is 74.7. The smallest absolute Gasteiger partial charge is 0.496 e. The Kier molecular flexibility index (Phi) is 7.29. The summed E-state index contributed by atoms with van der Waals surface area (Å²) in [5.74, 6) is -1.36. The van der Waals surface area contributed by atoms with Gasteiger partial charge in [-0.05, 0) is 43.2 Å². The minimum absolute atomic E-state index is 0.0755. The van der Waals surface area contributed by atoms with Crippen LogP contribution in [0.15, 0.2) is 47.4 Å². The highest BCUT2D eigenvalue weighted by Crippen LogP contribution is 2.32. The van der Waals surface area contributed by atoms with Crippen LogP contribution in [0.25, 0.3) is 0 Å². The molecule has 0 bridgehead atoms. The van der Waals surface area contributed by atoms with Crippen molar-refractivity contribution in [3.05, 3.63) is 48.0 Å². The van der Waals surface area contributed by atoms with E-state index in [-0.39, 0.29) is 21.9 Å². The number of hydrogen-bond acceptors (Lipinski definition) is 5. The number of rotatable bonds is 6. The van der Waals surface area contributed by atoms with E-state index >= 15 is 0 Å². The Balaban J connectivity index is 1.92. The summed E-state index contributed by atoms with van der Waals surface area (Å²) >= 11 is 0. The number of para-hydroxylation sites is 2. The van der Waals surface area contributed by atoms with Crippen molar-refractivity contribution in [2.24, 2.45) is 0 Å². The molecule has 1 aliphatic heterocycles. The van der Waals surface area contributed by atoms with E-state index in [2.05, 4.69) is 10.1 Å². The molecule has 1 fully saturated rings. The maximum atomic E-state index is 13.1. The van der Waals surface area contributed by atoms with Crippen molar-refractivity contribution in [1.82, 2.24) is 4.31 Å². The zero-order valence-corrected chi connectivity index (χ0v) is 18.1. The highest BCUT2D eigenvalue weighted by molar-refractivity contribution is 7.89. The highest BCUT2D eigenvalue weighted by atomic mass is 32.2. The predicted octanol–water partition coefficient (Wildman–Crippen LogP) is 4.41. The van der Waals surface area contributed by atoms with Crippen LogP contribution >= 0.6 is 0 Å². The van der Waals surface area contributed by atoms with Crippen LogP contribution in [0.5, 0.6) is 11.5 Å². The van der Waals surface area contributed by atoms with Gasteiger partial charge in [0.25, 0.3) is 5.91 Å². The summed E-state index contributed by atoms with van der Waals surface area (Å²) in [4.78, 5) is 12.8. The van der Waals surface area contributed by atoms with Gasteiger partial charge in [0.15, 0.2) is 5.75 Å². The Labute approximate surface area is 184 Å². The second-order valence-electron chi connectivity index (χ2n) is 7.18. The third kappa shape index (κ3) is 5.71. The maximum absolute atomic E-state index is 13.1. The second-order valence-corrected chi connectivity index (χ2v) is 9.12. The molecule has 174 valence electrons. The number of hydrogen-bond donors (Lipinski definition) is 1. The molecular formula is C21H23F3N2O5S. The summed E-state index contributed by atoms with van der Waals surface area (Å²) in [5, 5.41) is 2.34. The maximum Gasteiger partial charge on any atom is 0.573 e. The Morgan fingerprint density at radius 1 is 1.00 bits per heavy atom. The van der Waals surface area contributed by atoms with Gasteiger partial charge in [-0.25, -0.2) is 8.42 Å². The summed E-state index contributed by atoms with van der Waals surface area (Å²) in [6.45, 7) is 0.774. The Hall–Kier alpha value is -2.79. The number of sulfonamides is 1. The molecule has 1 amide bonds. The molecule has 0 spiro atoms. The molecule has 1 N–H and O–H groups in total. The molecule has 0 atom stereocenters. The first kappa shape index (κ1) is 23.9. The van der Waals surface area contributed by atoms with Crippen LogP contribution in [0.3, 0.4) is 0 Å². The number of carbonyl (C=O) groups is 1. The summed E-state index contributed by atoms with van der Waals surface area (Å²) in [6.07, 6.45) is -1.56. The number of amides is 1. The number of ether oxygens (including phenoxy) is 2. The van der Waals surface area contributed by atoms with E-state index < -0.39 is 28.0 Å². The molecule has 0 aromatic heterocycles. The normalized spacial score (nSPS) is 15.6. The fourth-order valence-electron chi connectivity index (χ4n) is 3.43. The van der Waals surface area contributed by atoms with Gasteiger partial charge < -0.3 is 14.8 Å². The van der Waals surface area contributed by atoms with E-state index in [1.54, 1.807) is 0 Å². The van der Waals surface area contributed by atoms with E-state index in [0.29, 0.717) is 13.1 Å². The van der Waals surface area contributed by atoms with Crippen molar-refractivity contribution >= 4 is 21.6 Å². The van der Waals surface area contributed by atoms with E-state index in [4.69, 9.17) is 4.74 Å². The van der Waals surface area contributed by atoms with Crippen molar-refractivity contribution in [1.29, 1.82) is 0 Å². The molecule has 0 unspecified atom stereocenters. The molecule has 2 aromatic carbocycles. The van der Waals surface area contributed by atoms with Gasteiger partial charge in [-0.2, -0.15) is 4.31 Å². The van der Waals surface area contributed by atoms with Gasteiger partial charge in [-0.15, -0.1) is 13.2 Å². The van der Waals surface area contributed by atoms with Gasteiger partial charge in [0.1, 0.15) is 5.75 Å². The first-order chi connectivity index (χ1) is 15.1. The third-order valence-corrected chi connectivity index (χ3v) is 6.87. The van der Waals surface area contributed by atoms with Crippen LogP contribution in [0.4, 0.5) is 18.9 Å². The monoisotopic (exact) mass is 472 g/mol. The average molecular weight is 472 g/mol. The van der Waals surface area contributed by atoms with Crippen LogP contribution in [0.1, 0.15) is 36.0 Å². The van der Waals surface area contributed by atoms with Gasteiger partial charge in [0.05, 0.1) is 23.3 Å². The molecule has 1 heterocycles. The molecule has 0 radical (unpaired) electrons. The molecule has 11 heteroatoms. The molecular weight excluding hydrogens is 449 g/mol. The third-order valence-electron chi connectivity index (χ3n) is 4.98. The molecule has 0 saturated carbocycles. The van der Waals surface area contributed by atoms with Crippen molar-refractivity contribution in [2.75, 3.05) is 25.5 Å². The van der Waals surface area contributed by atoms with Gasteiger partial charge in [0.2, 0.25) is 10.0 Å². The number of nitrogens with zero attached hydrogens (tertiary/aromatic N) is 1. The summed E-state index contributed by atoms with van der Waals surface area (Å²) in [6, 6.07) is 8.90. The lowest BCUT2D eigenvalue weighted by Gasteiger charge is -2.21. The SMILES string of the molecule is COc1ccc(S(=O)(=O)N2CCCCCC2)cc1C(=O)Nc1ccccc1OC(F)(F)F. The predicted molar refractivity (Wildman–Crippen MR) is 111 cm³/mol. The van der Waals surface area contributed by atoms with Crippen LogP contribution in [-0.4, -0.2) is 45.2 Å². The topological polar surface area (TPSA) is 84.9 Å². The Morgan fingerprint density at radius 3 is 2.28 bits per heavy atom. The Morgan fingerprint density at radius 2 is 1.66 bits per heavy atom. The van der Waals surface area contributed by atoms with Crippen LogP contribution in [0, 0.1) is 0 Å². The first-order valence-corrected chi connectivity index (χ1v) is 11.4. The van der Waals surface area contributed by atoms with E-state index in [1.807, 2.05) is 0 Å². The highest BCUT2D eigenvalue weighted by Gasteiger charge is 2.32. The summed E-state index contributed by atoms with van der Waals surface area (Å²) in [7, 11) is -2.55. The molecule has 3 rings (SSSR count). The van der Waals surface area contributed by atoms with Crippen LogP contribution in [0.2, 0.25) is 0 Å². The lowest BCUT2D eigenvalue weighted by molar-refractivity contribution is -0.274. The first-order valence-electron chi connectivity index (χ1n) is 9.96. The minimum Gasteiger partial charge on any atom is -0.496 e. The molecule has 7 nitrogen and oxygen atoms in total. The average Bonchev–Trinajstić information content (AvgIpc) is 3.04. The zero-order valence-electron chi connectivity index (χ0n) is 17.3. The number of alkyl halides is 3. The van der Waals surface area contributed by atoms with Crippen molar-refractivity contribution < 1.29 is 35.9 Å². The summed E-state index contributed by atoms with van der Waals surface area (Å²) in [5.41, 5.74) is -0.358. The second kappa shape index (κ2) is 9.78. The number of methoxy groups -OCH3 is 1. The van der Waals surface area contributed by atoms with Gasteiger partial charge in [0, 0.05) is 13.1 Å². The standard InChI is InChI=1S/C21H23F3N2O5S/c1-30-18-11-10-15(32(28,29)26-12-6-2-3-7-13-26)14-16(18)20(27)25-17-8-4-5-9-19(17)31-21(22,23)24/h4-5,8-11,14H,2-3,6-7,12-13H2,1H3,(H,25,27). The number of halogens is 3. The fourth-order valence-corrected chi connectivity index (χ4v) is 4.97. The van der Waals surface area contributed by atoms with E-state index in [0.717, 1.165) is 31.7 Å². The van der Waals surface area contributed by atoms with Gasteiger partial charge in [-0.3, -0.25) is 4.79 Å². The molecule has 2 aromatic rings. The van der Waals surface area contributed by atoms with Gasteiger partial charge >= 0.3 is 6.36 Å². The lowest BCUT2D eigenvalue weighted by Crippen LogP contribution is -2.32. The molecule has 32 heavy (non-hydrogen) atoms. The minimum atomic E-state index is -4.94. The molecule has 0 aliphatic carbocycles. The number of benzene rings is 2. The van der Waals surface area contributed by atoms with Crippen LogP contribution in [-0.2, 0) is 10.0 Å². The molecule has 1 aliphatic rings. The number of anilines is 1. The van der Waals surface area contributed by atoms with Crippen molar-refractivity contribution in [3.8, 4) is 11.5 Å². The lowest BCUT2D eigenvalue weighted by atomic mass is 10.1. The number of carbonyl (C=O) groups excluding carboxylic acids is 1.